The molecular weight excluding hydrogens is 254 g/mol. The summed E-state index contributed by atoms with van der Waals surface area (Å²) in [5.41, 5.74) is 1.03. The molecule has 0 amide bonds. The van der Waals surface area contributed by atoms with E-state index in [0.717, 1.165) is 5.56 Å². The fourth-order valence-corrected chi connectivity index (χ4v) is 2.27. The lowest BCUT2D eigenvalue weighted by atomic mass is 10.1. The maximum Gasteiger partial charge on any atom is 0.203 e. The molecule has 5 heteroatoms. The summed E-state index contributed by atoms with van der Waals surface area (Å²) in [6.45, 7) is 0. The predicted molar refractivity (Wildman–Crippen MR) is 73.2 cm³/mol. The molecule has 102 valence electrons. The monoisotopic (exact) mass is 273 g/mol. The molecule has 4 nitrogen and oxygen atoms in total. The first-order chi connectivity index (χ1) is 8.58. The molecule has 18 heavy (non-hydrogen) atoms. The number of benzene rings is 1. The van der Waals surface area contributed by atoms with Gasteiger partial charge in [-0.1, -0.05) is 0 Å². The van der Waals surface area contributed by atoms with E-state index < -0.39 is 0 Å². The second-order valence-electron chi connectivity index (χ2n) is 4.09. The molecule has 1 rings (SSSR count). The zero-order chi connectivity index (χ0) is 13.7. The van der Waals surface area contributed by atoms with Gasteiger partial charge in [-0.2, -0.15) is 0 Å². The fraction of sp³-hybridized carbons (Fsp3) is 0.538. The number of hydrogen-bond acceptors (Lipinski definition) is 4. The first kappa shape index (κ1) is 14.9. The smallest absolute Gasteiger partial charge is 0.203 e. The van der Waals surface area contributed by atoms with Gasteiger partial charge in [-0.05, 0) is 31.8 Å². The maximum atomic E-state index is 6.01. The molecule has 0 fully saturated rings. The van der Waals surface area contributed by atoms with Gasteiger partial charge in [-0.15, -0.1) is 11.6 Å². The summed E-state index contributed by atoms with van der Waals surface area (Å²) in [7, 11) is 8.76. The minimum Gasteiger partial charge on any atom is -0.493 e. The molecule has 0 spiro atoms. The highest BCUT2D eigenvalue weighted by molar-refractivity contribution is 6.18. The topological polar surface area (TPSA) is 30.9 Å². The van der Waals surface area contributed by atoms with Crippen molar-refractivity contribution < 1.29 is 14.2 Å². The van der Waals surface area contributed by atoms with Crippen LogP contribution < -0.4 is 14.2 Å². The first-order valence-electron chi connectivity index (χ1n) is 5.61. The van der Waals surface area contributed by atoms with Gasteiger partial charge in [0.05, 0.1) is 21.3 Å². The lowest BCUT2D eigenvalue weighted by molar-refractivity contribution is 0.309. The van der Waals surface area contributed by atoms with Crippen LogP contribution in [0.15, 0.2) is 12.1 Å². The van der Waals surface area contributed by atoms with Crippen molar-refractivity contribution in [2.45, 2.75) is 6.04 Å². The Labute approximate surface area is 113 Å². The average molecular weight is 274 g/mol. The number of hydrogen-bond donors (Lipinski definition) is 0. The van der Waals surface area contributed by atoms with E-state index >= 15 is 0 Å². The van der Waals surface area contributed by atoms with Crippen LogP contribution in [0.2, 0.25) is 0 Å². The van der Waals surface area contributed by atoms with Crippen LogP contribution in [0, 0.1) is 0 Å². The Morgan fingerprint density at radius 2 is 1.56 bits per heavy atom. The highest BCUT2D eigenvalue weighted by Crippen LogP contribution is 2.40. The van der Waals surface area contributed by atoms with Gasteiger partial charge in [0.15, 0.2) is 11.5 Å². The molecule has 0 saturated carbocycles. The van der Waals surface area contributed by atoms with Gasteiger partial charge in [0.25, 0.3) is 0 Å². The molecule has 0 N–H and O–H groups in total. The van der Waals surface area contributed by atoms with Gasteiger partial charge in [0.1, 0.15) is 0 Å². The zero-order valence-corrected chi connectivity index (χ0v) is 12.2. The average Bonchev–Trinajstić information content (AvgIpc) is 2.37. The van der Waals surface area contributed by atoms with Gasteiger partial charge in [-0.25, -0.2) is 0 Å². The normalized spacial score (nSPS) is 12.4. The van der Waals surface area contributed by atoms with Crippen molar-refractivity contribution in [2.75, 3.05) is 41.3 Å². The van der Waals surface area contributed by atoms with Gasteiger partial charge in [-0.3, -0.25) is 0 Å². The number of halogens is 1. The van der Waals surface area contributed by atoms with Gasteiger partial charge < -0.3 is 19.1 Å². The Hall–Kier alpha value is -1.13. The molecule has 0 aliphatic rings. The summed E-state index contributed by atoms with van der Waals surface area (Å²) in [6.07, 6.45) is 0. The highest BCUT2D eigenvalue weighted by atomic mass is 35.5. The highest BCUT2D eigenvalue weighted by Gasteiger charge is 2.19. The maximum absolute atomic E-state index is 6.01. The third kappa shape index (κ3) is 3.00. The van der Waals surface area contributed by atoms with E-state index in [1.54, 1.807) is 21.3 Å². The van der Waals surface area contributed by atoms with Gasteiger partial charge in [0, 0.05) is 11.9 Å². The molecule has 0 radical (unpaired) electrons. The summed E-state index contributed by atoms with van der Waals surface area (Å²) >= 11 is 6.01. The zero-order valence-electron chi connectivity index (χ0n) is 11.5. The summed E-state index contributed by atoms with van der Waals surface area (Å²) in [6, 6.07) is 3.95. The van der Waals surface area contributed by atoms with E-state index in [-0.39, 0.29) is 6.04 Å². The number of ether oxygens (including phenoxy) is 3. The van der Waals surface area contributed by atoms with Crippen LogP contribution in [0.5, 0.6) is 17.2 Å². The fourth-order valence-electron chi connectivity index (χ4n) is 1.82. The molecule has 1 atom stereocenters. The van der Waals surface area contributed by atoms with Crippen molar-refractivity contribution in [3.63, 3.8) is 0 Å². The molecule has 1 aromatic carbocycles. The van der Waals surface area contributed by atoms with Crippen LogP contribution in [-0.4, -0.2) is 46.2 Å². The van der Waals surface area contributed by atoms with Gasteiger partial charge >= 0.3 is 0 Å². The predicted octanol–water partition coefficient (Wildman–Crippen LogP) is 2.55. The molecule has 0 aromatic heterocycles. The molecule has 1 unspecified atom stereocenters. The lowest BCUT2D eigenvalue weighted by Crippen LogP contribution is -2.21. The van der Waals surface area contributed by atoms with Crippen LogP contribution >= 0.6 is 11.6 Å². The van der Waals surface area contributed by atoms with E-state index in [1.165, 1.54) is 0 Å². The minimum absolute atomic E-state index is 0.0976. The number of methoxy groups -OCH3 is 3. The summed E-state index contributed by atoms with van der Waals surface area (Å²) in [4.78, 5) is 2.05. The number of nitrogens with zero attached hydrogens (tertiary/aromatic N) is 1. The molecule has 0 aliphatic heterocycles. The van der Waals surface area contributed by atoms with Crippen molar-refractivity contribution in [2.24, 2.45) is 0 Å². The van der Waals surface area contributed by atoms with Crippen molar-refractivity contribution in [1.29, 1.82) is 0 Å². The Kier molecular flexibility index (Phi) is 5.56. The number of rotatable bonds is 6. The van der Waals surface area contributed by atoms with Crippen LogP contribution in [0.1, 0.15) is 11.6 Å². The Bertz CT molecular complexity index is 371. The van der Waals surface area contributed by atoms with E-state index in [0.29, 0.717) is 23.1 Å². The second kappa shape index (κ2) is 6.71. The van der Waals surface area contributed by atoms with Crippen LogP contribution in [0.4, 0.5) is 0 Å². The number of alkyl halides is 1. The third-order valence-electron chi connectivity index (χ3n) is 2.84. The minimum atomic E-state index is 0.0976. The van der Waals surface area contributed by atoms with Crippen LogP contribution in [0.25, 0.3) is 0 Å². The lowest BCUT2D eigenvalue weighted by Gasteiger charge is -2.24. The van der Waals surface area contributed by atoms with E-state index in [2.05, 4.69) is 0 Å². The quantitative estimate of drug-likeness (QED) is 0.746. The molecule has 0 saturated heterocycles. The van der Waals surface area contributed by atoms with Crippen molar-refractivity contribution >= 4 is 11.6 Å². The third-order valence-corrected chi connectivity index (χ3v) is 3.13. The SMILES string of the molecule is COc1cc(C(CCl)N(C)C)cc(OC)c1OC. The largest absolute Gasteiger partial charge is 0.493 e. The molecular formula is C13H20ClNO3. The summed E-state index contributed by atoms with van der Waals surface area (Å²) in [5, 5.41) is 0. The van der Waals surface area contributed by atoms with Crippen LogP contribution in [0.3, 0.4) is 0 Å². The van der Waals surface area contributed by atoms with Gasteiger partial charge in [0.2, 0.25) is 5.75 Å². The first-order valence-corrected chi connectivity index (χ1v) is 6.14. The van der Waals surface area contributed by atoms with E-state index in [4.69, 9.17) is 25.8 Å². The molecule has 0 aliphatic carbocycles. The van der Waals surface area contributed by atoms with E-state index in [1.807, 2.05) is 31.1 Å². The summed E-state index contributed by atoms with van der Waals surface area (Å²) in [5.74, 6) is 2.37. The van der Waals surface area contributed by atoms with Crippen molar-refractivity contribution in [1.82, 2.24) is 4.90 Å². The molecule has 0 heterocycles. The summed E-state index contributed by atoms with van der Waals surface area (Å²) < 4.78 is 15.9. The van der Waals surface area contributed by atoms with Crippen LogP contribution in [-0.2, 0) is 0 Å². The van der Waals surface area contributed by atoms with Crippen molar-refractivity contribution in [3.8, 4) is 17.2 Å². The molecule has 0 bridgehead atoms. The Balaban J connectivity index is 3.30. The van der Waals surface area contributed by atoms with Crippen molar-refractivity contribution in [3.05, 3.63) is 17.7 Å². The standard InChI is InChI=1S/C13H20ClNO3/c1-15(2)10(8-14)9-6-11(16-3)13(18-5)12(7-9)17-4/h6-7,10H,8H2,1-5H3. The molecule has 1 aromatic rings. The van der Waals surface area contributed by atoms with E-state index in [9.17, 15) is 0 Å². The second-order valence-corrected chi connectivity index (χ2v) is 4.40. The Morgan fingerprint density at radius 1 is 1.06 bits per heavy atom. The Morgan fingerprint density at radius 3 is 1.83 bits per heavy atom.